The monoisotopic (exact) mass is 437 g/mol. The summed E-state index contributed by atoms with van der Waals surface area (Å²) in [5, 5.41) is 8.99. The SMILES string of the molecule is CCC(C)C(NC(=O)Nc1c(C(C)C)cccc1C(C)C)C(=O)NCCc1ccccc1. The molecule has 174 valence electrons. The van der Waals surface area contributed by atoms with Gasteiger partial charge < -0.3 is 16.0 Å². The number of carbonyl (C=O) groups excluding carboxylic acids is 2. The first-order valence-corrected chi connectivity index (χ1v) is 11.8. The van der Waals surface area contributed by atoms with E-state index in [1.54, 1.807) is 0 Å². The van der Waals surface area contributed by atoms with Gasteiger partial charge in [-0.2, -0.15) is 0 Å². The second-order valence-electron chi connectivity index (χ2n) is 9.11. The maximum absolute atomic E-state index is 13.0. The van der Waals surface area contributed by atoms with E-state index in [1.165, 1.54) is 5.56 Å². The normalized spacial score (nSPS) is 13.0. The van der Waals surface area contributed by atoms with Crippen LogP contribution in [0.1, 0.15) is 76.5 Å². The fourth-order valence-electron chi connectivity index (χ4n) is 3.77. The van der Waals surface area contributed by atoms with Crippen LogP contribution in [0, 0.1) is 5.92 Å². The van der Waals surface area contributed by atoms with Gasteiger partial charge in [-0.05, 0) is 40.9 Å². The van der Waals surface area contributed by atoms with Crippen LogP contribution in [0.15, 0.2) is 48.5 Å². The van der Waals surface area contributed by atoms with Gasteiger partial charge in [0, 0.05) is 12.2 Å². The Kier molecular flexibility index (Phi) is 9.76. The largest absolute Gasteiger partial charge is 0.354 e. The van der Waals surface area contributed by atoms with E-state index in [1.807, 2.05) is 50.2 Å². The van der Waals surface area contributed by atoms with Crippen LogP contribution in [-0.4, -0.2) is 24.5 Å². The summed E-state index contributed by atoms with van der Waals surface area (Å²) >= 11 is 0. The van der Waals surface area contributed by atoms with Gasteiger partial charge in [0.05, 0.1) is 0 Å². The highest BCUT2D eigenvalue weighted by Gasteiger charge is 2.26. The molecule has 5 heteroatoms. The van der Waals surface area contributed by atoms with Crippen molar-refractivity contribution in [2.45, 2.75) is 72.3 Å². The number of rotatable bonds is 10. The molecule has 0 aliphatic carbocycles. The fourth-order valence-corrected chi connectivity index (χ4v) is 3.77. The van der Waals surface area contributed by atoms with E-state index in [0.29, 0.717) is 6.54 Å². The summed E-state index contributed by atoms with van der Waals surface area (Å²) in [7, 11) is 0. The molecule has 0 aromatic heterocycles. The molecular formula is C27H39N3O2. The number of nitrogens with one attached hydrogen (secondary N) is 3. The van der Waals surface area contributed by atoms with Crippen molar-refractivity contribution >= 4 is 17.6 Å². The highest BCUT2D eigenvalue weighted by molar-refractivity contribution is 5.95. The van der Waals surface area contributed by atoms with Gasteiger partial charge in [-0.1, -0.05) is 96.5 Å². The number of urea groups is 1. The minimum absolute atomic E-state index is 0.0161. The van der Waals surface area contributed by atoms with Crippen LogP contribution < -0.4 is 16.0 Å². The minimum atomic E-state index is -0.593. The molecule has 2 rings (SSSR count). The third kappa shape index (κ3) is 7.11. The summed E-state index contributed by atoms with van der Waals surface area (Å²) in [6.45, 7) is 13.0. The van der Waals surface area contributed by atoms with E-state index in [4.69, 9.17) is 0 Å². The van der Waals surface area contributed by atoms with Crippen molar-refractivity contribution in [3.8, 4) is 0 Å². The molecular weight excluding hydrogens is 398 g/mol. The van der Waals surface area contributed by atoms with Crippen molar-refractivity contribution in [1.29, 1.82) is 0 Å². The van der Waals surface area contributed by atoms with Crippen molar-refractivity contribution in [3.05, 3.63) is 65.2 Å². The van der Waals surface area contributed by atoms with Gasteiger partial charge in [0.15, 0.2) is 0 Å². The van der Waals surface area contributed by atoms with Crippen LogP contribution in [0.3, 0.4) is 0 Å². The maximum atomic E-state index is 13.0. The molecule has 2 aromatic rings. The van der Waals surface area contributed by atoms with Gasteiger partial charge in [0.25, 0.3) is 0 Å². The molecule has 0 heterocycles. The average molecular weight is 438 g/mol. The predicted octanol–water partition coefficient (Wildman–Crippen LogP) is 5.83. The van der Waals surface area contributed by atoms with Crippen molar-refractivity contribution in [3.63, 3.8) is 0 Å². The molecule has 5 nitrogen and oxygen atoms in total. The molecule has 2 aromatic carbocycles. The Labute approximate surface area is 193 Å². The lowest BCUT2D eigenvalue weighted by molar-refractivity contribution is -0.124. The number of amides is 3. The van der Waals surface area contributed by atoms with E-state index in [9.17, 15) is 9.59 Å². The first-order valence-electron chi connectivity index (χ1n) is 11.8. The van der Waals surface area contributed by atoms with E-state index in [-0.39, 0.29) is 29.7 Å². The summed E-state index contributed by atoms with van der Waals surface area (Å²) in [6, 6.07) is 15.3. The highest BCUT2D eigenvalue weighted by atomic mass is 16.2. The van der Waals surface area contributed by atoms with Gasteiger partial charge in [-0.25, -0.2) is 4.79 Å². The Balaban J connectivity index is 2.09. The van der Waals surface area contributed by atoms with Crippen molar-refractivity contribution in [2.75, 3.05) is 11.9 Å². The number of carbonyl (C=O) groups is 2. The lowest BCUT2D eigenvalue weighted by Crippen LogP contribution is -2.51. The zero-order chi connectivity index (χ0) is 23.7. The standard InChI is InChI=1S/C27H39N3O2/c1-7-20(6)24(26(31)28-17-16-21-12-9-8-10-13-21)29-27(32)30-25-22(18(2)3)14-11-15-23(25)19(4)5/h8-15,18-20,24H,7,16-17H2,1-6H3,(H,28,31)(H2,29,30,32). The average Bonchev–Trinajstić information content (AvgIpc) is 2.77. The maximum Gasteiger partial charge on any atom is 0.319 e. The molecule has 0 aliphatic rings. The van der Waals surface area contributed by atoms with Gasteiger partial charge in [-0.15, -0.1) is 0 Å². The number of hydrogen-bond donors (Lipinski definition) is 3. The molecule has 3 N–H and O–H groups in total. The van der Waals surface area contributed by atoms with Gasteiger partial charge in [-0.3, -0.25) is 4.79 Å². The van der Waals surface area contributed by atoms with Crippen molar-refractivity contribution in [2.24, 2.45) is 5.92 Å². The van der Waals surface area contributed by atoms with Crippen LogP contribution in [0.25, 0.3) is 0 Å². The van der Waals surface area contributed by atoms with Gasteiger partial charge in [0.2, 0.25) is 5.91 Å². The third-order valence-electron chi connectivity index (χ3n) is 5.95. The van der Waals surface area contributed by atoms with E-state index in [0.717, 1.165) is 29.7 Å². The van der Waals surface area contributed by atoms with Gasteiger partial charge in [0.1, 0.15) is 6.04 Å². The highest BCUT2D eigenvalue weighted by Crippen LogP contribution is 2.32. The van der Waals surface area contributed by atoms with E-state index >= 15 is 0 Å². The second kappa shape index (κ2) is 12.3. The Morgan fingerprint density at radius 3 is 1.97 bits per heavy atom. The van der Waals surface area contributed by atoms with Crippen LogP contribution in [0.2, 0.25) is 0 Å². The first-order chi connectivity index (χ1) is 15.2. The molecule has 3 amide bonds. The molecule has 2 unspecified atom stereocenters. The van der Waals surface area contributed by atoms with Crippen LogP contribution in [0.5, 0.6) is 0 Å². The summed E-state index contributed by atoms with van der Waals surface area (Å²) < 4.78 is 0. The van der Waals surface area contributed by atoms with Crippen molar-refractivity contribution < 1.29 is 9.59 Å². The zero-order valence-electron chi connectivity index (χ0n) is 20.4. The number of hydrogen-bond acceptors (Lipinski definition) is 2. The summed E-state index contributed by atoms with van der Waals surface area (Å²) in [5.41, 5.74) is 4.21. The lowest BCUT2D eigenvalue weighted by Gasteiger charge is -2.25. The lowest BCUT2D eigenvalue weighted by atomic mass is 9.92. The summed E-state index contributed by atoms with van der Waals surface area (Å²) in [6.07, 6.45) is 1.54. The molecule has 0 spiro atoms. The van der Waals surface area contributed by atoms with Crippen LogP contribution >= 0.6 is 0 Å². The van der Waals surface area contributed by atoms with Crippen molar-refractivity contribution in [1.82, 2.24) is 10.6 Å². The first kappa shape index (κ1) is 25.4. The van der Waals surface area contributed by atoms with Gasteiger partial charge >= 0.3 is 6.03 Å². The Morgan fingerprint density at radius 2 is 1.44 bits per heavy atom. The van der Waals surface area contributed by atoms with Crippen LogP contribution in [0.4, 0.5) is 10.5 Å². The Hall–Kier alpha value is -2.82. The molecule has 0 fully saturated rings. The number of benzene rings is 2. The van der Waals surface area contributed by atoms with E-state index < -0.39 is 6.04 Å². The van der Waals surface area contributed by atoms with Crippen LogP contribution in [-0.2, 0) is 11.2 Å². The number of para-hydroxylation sites is 1. The van der Waals surface area contributed by atoms with E-state index in [2.05, 4.69) is 55.8 Å². The third-order valence-corrected chi connectivity index (χ3v) is 5.95. The number of anilines is 1. The molecule has 32 heavy (non-hydrogen) atoms. The second-order valence-corrected chi connectivity index (χ2v) is 9.11. The summed E-state index contributed by atoms with van der Waals surface area (Å²) in [5.74, 6) is 0.417. The predicted molar refractivity (Wildman–Crippen MR) is 133 cm³/mol. The molecule has 0 saturated carbocycles. The molecule has 0 bridgehead atoms. The quantitative estimate of drug-likeness (QED) is 0.438. The summed E-state index contributed by atoms with van der Waals surface area (Å²) in [4.78, 5) is 25.9. The Morgan fingerprint density at radius 1 is 0.844 bits per heavy atom. The molecule has 0 saturated heterocycles. The topological polar surface area (TPSA) is 70.2 Å². The minimum Gasteiger partial charge on any atom is -0.354 e. The molecule has 0 radical (unpaired) electrons. The zero-order valence-corrected chi connectivity index (χ0v) is 20.4. The molecule has 2 atom stereocenters. The fraction of sp³-hybridized carbons (Fsp3) is 0.481. The molecule has 0 aliphatic heterocycles. The smallest absolute Gasteiger partial charge is 0.319 e. The Bertz CT molecular complexity index is 851.